The summed E-state index contributed by atoms with van der Waals surface area (Å²) in [7, 11) is 0. The van der Waals surface area contributed by atoms with E-state index in [0.717, 1.165) is 29.2 Å². The number of hydrogen-bond acceptors (Lipinski definition) is 1. The van der Waals surface area contributed by atoms with E-state index in [1.165, 1.54) is 19.3 Å². The minimum atomic E-state index is 0.707. The van der Waals surface area contributed by atoms with Crippen LogP contribution in [0.1, 0.15) is 25.7 Å². The fraction of sp³-hybridized carbons (Fsp3) is 0.538. The first-order valence-corrected chi connectivity index (χ1v) is 7.49. The van der Waals surface area contributed by atoms with Gasteiger partial charge in [0.1, 0.15) is 5.75 Å². The molecular weight excluding hydrogens is 332 g/mol. The maximum absolute atomic E-state index is 5.69. The molecule has 3 heteroatoms. The molecular formula is C13H16Br2O. The Kier molecular flexibility index (Phi) is 4.71. The lowest BCUT2D eigenvalue weighted by Gasteiger charge is -2.09. The first-order valence-electron chi connectivity index (χ1n) is 5.78. The Morgan fingerprint density at radius 1 is 1.38 bits per heavy atom. The molecule has 16 heavy (non-hydrogen) atoms. The van der Waals surface area contributed by atoms with Crippen molar-refractivity contribution in [3.63, 3.8) is 0 Å². The highest BCUT2D eigenvalue weighted by Gasteiger charge is 2.28. The Morgan fingerprint density at radius 3 is 2.88 bits per heavy atom. The minimum Gasteiger partial charge on any atom is -0.494 e. The number of alkyl halides is 1. The normalized spacial score (nSPS) is 17.1. The van der Waals surface area contributed by atoms with Gasteiger partial charge in [0.25, 0.3) is 0 Å². The van der Waals surface area contributed by atoms with Gasteiger partial charge in [-0.05, 0) is 49.8 Å². The molecule has 1 unspecified atom stereocenters. The van der Waals surface area contributed by atoms with E-state index >= 15 is 0 Å². The number of ether oxygens (including phenoxy) is 1. The Labute approximate surface area is 114 Å². The number of hydrogen-bond donors (Lipinski definition) is 0. The molecule has 0 radical (unpaired) electrons. The van der Waals surface area contributed by atoms with Crippen LogP contribution in [0, 0.1) is 5.92 Å². The summed E-state index contributed by atoms with van der Waals surface area (Å²) in [5.41, 5.74) is 0. The van der Waals surface area contributed by atoms with E-state index in [1.807, 2.05) is 24.3 Å². The van der Waals surface area contributed by atoms with E-state index < -0.39 is 0 Å². The molecule has 0 bridgehead atoms. The lowest BCUT2D eigenvalue weighted by Crippen LogP contribution is -2.04. The summed E-state index contributed by atoms with van der Waals surface area (Å²) >= 11 is 7.17. The molecule has 1 aliphatic rings. The largest absolute Gasteiger partial charge is 0.494 e. The molecule has 1 aromatic rings. The van der Waals surface area contributed by atoms with Crippen LogP contribution in [0.25, 0.3) is 0 Å². The molecule has 0 aliphatic heterocycles. The number of halogens is 2. The van der Waals surface area contributed by atoms with Crippen LogP contribution in [0.3, 0.4) is 0 Å². The highest BCUT2D eigenvalue weighted by Crippen LogP contribution is 2.38. The number of rotatable bonds is 6. The third-order valence-corrected chi connectivity index (χ3v) is 4.52. The van der Waals surface area contributed by atoms with Crippen molar-refractivity contribution in [3.05, 3.63) is 28.7 Å². The molecule has 1 aliphatic carbocycles. The van der Waals surface area contributed by atoms with Gasteiger partial charge in [-0.25, -0.2) is 0 Å². The van der Waals surface area contributed by atoms with Gasteiger partial charge < -0.3 is 4.74 Å². The second-order valence-corrected chi connectivity index (χ2v) is 6.39. The highest BCUT2D eigenvalue weighted by atomic mass is 79.9. The van der Waals surface area contributed by atoms with Crippen molar-refractivity contribution in [2.24, 2.45) is 5.92 Å². The summed E-state index contributed by atoms with van der Waals surface area (Å²) in [6.45, 7) is 0.811. The van der Waals surface area contributed by atoms with Crippen molar-refractivity contribution in [1.82, 2.24) is 0 Å². The minimum absolute atomic E-state index is 0.707. The fourth-order valence-electron chi connectivity index (χ4n) is 1.72. The second kappa shape index (κ2) is 6.06. The Morgan fingerprint density at radius 2 is 2.19 bits per heavy atom. The van der Waals surface area contributed by atoms with Crippen LogP contribution < -0.4 is 4.74 Å². The quantitative estimate of drug-likeness (QED) is 0.531. The molecule has 0 amide bonds. The summed E-state index contributed by atoms with van der Waals surface area (Å²) in [5.74, 6) is 1.89. The Bertz CT molecular complexity index is 336. The number of benzene rings is 1. The van der Waals surface area contributed by atoms with Crippen molar-refractivity contribution in [1.29, 1.82) is 0 Å². The topological polar surface area (TPSA) is 9.23 Å². The van der Waals surface area contributed by atoms with E-state index in [4.69, 9.17) is 4.74 Å². The third kappa shape index (κ3) is 4.10. The summed E-state index contributed by atoms with van der Waals surface area (Å²) in [6.07, 6.45) is 5.16. The Balaban J connectivity index is 1.63. The van der Waals surface area contributed by atoms with Gasteiger partial charge in [-0.1, -0.05) is 37.9 Å². The zero-order valence-corrected chi connectivity index (χ0v) is 12.3. The molecule has 2 rings (SSSR count). The van der Waals surface area contributed by atoms with E-state index in [0.29, 0.717) is 4.83 Å². The maximum atomic E-state index is 5.69. The smallest absolute Gasteiger partial charge is 0.120 e. The van der Waals surface area contributed by atoms with Gasteiger partial charge in [0, 0.05) is 9.30 Å². The van der Waals surface area contributed by atoms with E-state index in [1.54, 1.807) is 0 Å². The molecule has 0 saturated heterocycles. The van der Waals surface area contributed by atoms with E-state index in [9.17, 15) is 0 Å². The van der Waals surface area contributed by atoms with Crippen LogP contribution in [0.15, 0.2) is 28.7 Å². The van der Waals surface area contributed by atoms with Crippen molar-refractivity contribution in [2.75, 3.05) is 6.61 Å². The first-order chi connectivity index (χ1) is 7.75. The summed E-state index contributed by atoms with van der Waals surface area (Å²) in [4.78, 5) is 0.707. The van der Waals surface area contributed by atoms with Crippen molar-refractivity contribution in [2.45, 2.75) is 30.5 Å². The van der Waals surface area contributed by atoms with Crippen LogP contribution in [-0.2, 0) is 0 Å². The zero-order valence-electron chi connectivity index (χ0n) is 9.16. The molecule has 88 valence electrons. The van der Waals surface area contributed by atoms with Gasteiger partial charge in [-0.15, -0.1) is 0 Å². The average molecular weight is 348 g/mol. The van der Waals surface area contributed by atoms with Crippen molar-refractivity contribution >= 4 is 31.9 Å². The summed E-state index contributed by atoms with van der Waals surface area (Å²) in [6, 6.07) is 8.01. The van der Waals surface area contributed by atoms with Gasteiger partial charge in [0.05, 0.1) is 6.61 Å². The zero-order chi connectivity index (χ0) is 11.4. The highest BCUT2D eigenvalue weighted by molar-refractivity contribution is 9.10. The molecule has 1 fully saturated rings. The van der Waals surface area contributed by atoms with Crippen LogP contribution in [-0.4, -0.2) is 11.4 Å². The lowest BCUT2D eigenvalue weighted by molar-refractivity contribution is 0.305. The summed E-state index contributed by atoms with van der Waals surface area (Å²) < 4.78 is 6.76. The average Bonchev–Trinajstić information content (AvgIpc) is 3.08. The first kappa shape index (κ1) is 12.4. The molecule has 1 saturated carbocycles. The molecule has 0 spiro atoms. The van der Waals surface area contributed by atoms with Crippen LogP contribution in [0.4, 0.5) is 0 Å². The van der Waals surface area contributed by atoms with E-state index in [-0.39, 0.29) is 0 Å². The van der Waals surface area contributed by atoms with Gasteiger partial charge >= 0.3 is 0 Å². The van der Waals surface area contributed by atoms with E-state index in [2.05, 4.69) is 31.9 Å². The molecule has 1 atom stereocenters. The van der Waals surface area contributed by atoms with Gasteiger partial charge in [0.2, 0.25) is 0 Å². The summed E-state index contributed by atoms with van der Waals surface area (Å²) in [5, 5.41) is 0. The fourth-order valence-corrected chi connectivity index (χ4v) is 2.95. The van der Waals surface area contributed by atoms with Gasteiger partial charge in [0.15, 0.2) is 0 Å². The third-order valence-electron chi connectivity index (χ3n) is 2.82. The predicted molar refractivity (Wildman–Crippen MR) is 74.3 cm³/mol. The van der Waals surface area contributed by atoms with Gasteiger partial charge in [-0.3, -0.25) is 0 Å². The van der Waals surface area contributed by atoms with Crippen LogP contribution in [0.5, 0.6) is 5.75 Å². The molecule has 0 N–H and O–H groups in total. The lowest BCUT2D eigenvalue weighted by atomic mass is 10.2. The molecule has 1 nitrogen and oxygen atoms in total. The van der Waals surface area contributed by atoms with Crippen molar-refractivity contribution < 1.29 is 4.74 Å². The van der Waals surface area contributed by atoms with Gasteiger partial charge in [-0.2, -0.15) is 0 Å². The molecule has 0 heterocycles. The predicted octanol–water partition coefficient (Wildman–Crippen LogP) is 4.78. The van der Waals surface area contributed by atoms with Crippen molar-refractivity contribution in [3.8, 4) is 5.75 Å². The SMILES string of the molecule is Brc1cccc(OCCCC(Br)C2CC2)c1. The standard InChI is InChI=1S/C13H16Br2O/c14-11-3-1-4-12(9-11)16-8-2-5-13(15)10-6-7-10/h1,3-4,9-10,13H,2,5-8H2. The molecule has 0 aromatic heterocycles. The van der Waals surface area contributed by atoms with Crippen LogP contribution in [0.2, 0.25) is 0 Å². The Hall–Kier alpha value is -0.0200. The molecule has 1 aromatic carbocycles. The second-order valence-electron chi connectivity index (χ2n) is 4.30. The monoisotopic (exact) mass is 346 g/mol. The maximum Gasteiger partial charge on any atom is 0.120 e. The van der Waals surface area contributed by atoms with Crippen LogP contribution >= 0.6 is 31.9 Å².